The SMILES string of the molecule is CNC(=O)CC(C)Nc1nccn1C. The van der Waals surface area contributed by atoms with E-state index in [2.05, 4.69) is 15.6 Å². The van der Waals surface area contributed by atoms with Gasteiger partial charge in [-0.2, -0.15) is 0 Å². The van der Waals surface area contributed by atoms with Crippen molar-refractivity contribution in [3.05, 3.63) is 12.4 Å². The van der Waals surface area contributed by atoms with E-state index in [0.717, 1.165) is 5.95 Å². The minimum atomic E-state index is 0.0270. The van der Waals surface area contributed by atoms with Crippen LogP contribution < -0.4 is 10.6 Å². The van der Waals surface area contributed by atoms with E-state index < -0.39 is 0 Å². The molecule has 0 saturated carbocycles. The van der Waals surface area contributed by atoms with Gasteiger partial charge in [0.15, 0.2) is 0 Å². The Labute approximate surface area is 83.5 Å². The molecule has 5 nitrogen and oxygen atoms in total. The number of nitrogens with zero attached hydrogens (tertiary/aromatic N) is 2. The molecule has 1 rings (SSSR count). The van der Waals surface area contributed by atoms with Crippen molar-refractivity contribution in [2.24, 2.45) is 7.05 Å². The Morgan fingerprint density at radius 1 is 1.71 bits per heavy atom. The van der Waals surface area contributed by atoms with Crippen molar-refractivity contribution in [2.75, 3.05) is 12.4 Å². The Hall–Kier alpha value is -1.52. The molecule has 0 aliphatic heterocycles. The number of aryl methyl sites for hydroxylation is 1. The maximum atomic E-state index is 11.1. The molecule has 1 heterocycles. The first-order valence-electron chi connectivity index (χ1n) is 4.58. The second-order valence-electron chi connectivity index (χ2n) is 3.28. The molecule has 1 unspecified atom stereocenters. The normalized spacial score (nSPS) is 12.2. The van der Waals surface area contributed by atoms with Crippen molar-refractivity contribution in [3.63, 3.8) is 0 Å². The van der Waals surface area contributed by atoms with Crippen molar-refractivity contribution >= 4 is 11.9 Å². The fourth-order valence-corrected chi connectivity index (χ4v) is 1.16. The van der Waals surface area contributed by atoms with E-state index in [4.69, 9.17) is 0 Å². The molecule has 0 aliphatic rings. The average Bonchev–Trinajstić information content (AvgIpc) is 2.51. The molecule has 5 heteroatoms. The Morgan fingerprint density at radius 2 is 2.43 bits per heavy atom. The van der Waals surface area contributed by atoms with E-state index in [0.29, 0.717) is 6.42 Å². The van der Waals surface area contributed by atoms with E-state index in [1.807, 2.05) is 24.7 Å². The molecule has 1 aromatic rings. The lowest BCUT2D eigenvalue weighted by Gasteiger charge is -2.13. The summed E-state index contributed by atoms with van der Waals surface area (Å²) in [5.41, 5.74) is 0. The molecule has 0 spiro atoms. The fraction of sp³-hybridized carbons (Fsp3) is 0.556. The maximum absolute atomic E-state index is 11.1. The summed E-state index contributed by atoms with van der Waals surface area (Å²) < 4.78 is 1.88. The molecule has 1 atom stereocenters. The van der Waals surface area contributed by atoms with Gasteiger partial charge in [0.05, 0.1) is 0 Å². The lowest BCUT2D eigenvalue weighted by atomic mass is 10.2. The van der Waals surface area contributed by atoms with Gasteiger partial charge in [0.25, 0.3) is 0 Å². The summed E-state index contributed by atoms with van der Waals surface area (Å²) in [5, 5.41) is 5.73. The van der Waals surface area contributed by atoms with Gasteiger partial charge in [-0.3, -0.25) is 4.79 Å². The molecule has 0 saturated heterocycles. The van der Waals surface area contributed by atoms with Gasteiger partial charge < -0.3 is 15.2 Å². The second kappa shape index (κ2) is 4.64. The highest BCUT2D eigenvalue weighted by Gasteiger charge is 2.08. The highest BCUT2D eigenvalue weighted by molar-refractivity contribution is 5.76. The Bertz CT molecular complexity index is 308. The molecule has 1 aromatic heterocycles. The summed E-state index contributed by atoms with van der Waals surface area (Å²) in [6, 6.07) is 0.0797. The molecular weight excluding hydrogens is 180 g/mol. The number of amides is 1. The van der Waals surface area contributed by atoms with Crippen LogP contribution in [0, 0.1) is 0 Å². The third-order valence-corrected chi connectivity index (χ3v) is 1.97. The number of imidazole rings is 1. The van der Waals surface area contributed by atoms with Crippen molar-refractivity contribution in [3.8, 4) is 0 Å². The largest absolute Gasteiger partial charge is 0.359 e. The number of carbonyl (C=O) groups is 1. The first kappa shape index (κ1) is 10.6. The van der Waals surface area contributed by atoms with E-state index in [1.54, 1.807) is 13.2 Å². The van der Waals surface area contributed by atoms with Crippen LogP contribution >= 0.6 is 0 Å². The summed E-state index contributed by atoms with van der Waals surface area (Å²) in [6.45, 7) is 1.95. The van der Waals surface area contributed by atoms with Crippen molar-refractivity contribution in [1.82, 2.24) is 14.9 Å². The fourth-order valence-electron chi connectivity index (χ4n) is 1.16. The van der Waals surface area contributed by atoms with Crippen LogP contribution in [0.2, 0.25) is 0 Å². The molecule has 14 heavy (non-hydrogen) atoms. The monoisotopic (exact) mass is 196 g/mol. The zero-order chi connectivity index (χ0) is 10.6. The van der Waals surface area contributed by atoms with Gasteiger partial charge in [-0.15, -0.1) is 0 Å². The molecular formula is C9H16N4O. The topological polar surface area (TPSA) is 59.0 Å². The number of aromatic nitrogens is 2. The van der Waals surface area contributed by atoms with Crippen molar-refractivity contribution in [2.45, 2.75) is 19.4 Å². The minimum Gasteiger partial charge on any atom is -0.359 e. The number of hydrogen-bond acceptors (Lipinski definition) is 3. The molecule has 0 fully saturated rings. The molecule has 0 aliphatic carbocycles. The molecule has 1 amide bonds. The van der Waals surface area contributed by atoms with Crippen LogP contribution in [0.4, 0.5) is 5.95 Å². The smallest absolute Gasteiger partial charge is 0.221 e. The summed E-state index contributed by atoms with van der Waals surface area (Å²) in [6.07, 6.45) is 4.02. The van der Waals surface area contributed by atoms with Crippen LogP contribution in [-0.4, -0.2) is 28.5 Å². The lowest BCUT2D eigenvalue weighted by molar-refractivity contribution is -0.120. The number of rotatable bonds is 4. The zero-order valence-electron chi connectivity index (χ0n) is 8.74. The molecule has 0 radical (unpaired) electrons. The quantitative estimate of drug-likeness (QED) is 0.731. The number of carbonyl (C=O) groups excluding carboxylic acids is 1. The number of anilines is 1. The standard InChI is InChI=1S/C9H16N4O/c1-7(6-8(14)10-2)12-9-11-4-5-13(9)3/h4-5,7H,6H2,1-3H3,(H,10,14)(H,11,12). The van der Waals surface area contributed by atoms with E-state index >= 15 is 0 Å². The summed E-state index contributed by atoms with van der Waals surface area (Å²) in [5.74, 6) is 0.806. The first-order chi connectivity index (χ1) is 6.63. The van der Waals surface area contributed by atoms with Gasteiger partial charge in [0.1, 0.15) is 0 Å². The van der Waals surface area contributed by atoms with Crippen molar-refractivity contribution in [1.29, 1.82) is 0 Å². The summed E-state index contributed by atoms with van der Waals surface area (Å²) >= 11 is 0. The first-order valence-corrected chi connectivity index (χ1v) is 4.58. The van der Waals surface area contributed by atoms with Gasteiger partial charge in [0.2, 0.25) is 11.9 Å². The van der Waals surface area contributed by atoms with Crippen LogP contribution in [0.5, 0.6) is 0 Å². The van der Waals surface area contributed by atoms with Crippen LogP contribution in [0.1, 0.15) is 13.3 Å². The number of nitrogens with one attached hydrogen (secondary N) is 2. The molecule has 78 valence electrons. The Kier molecular flexibility index (Phi) is 3.50. The van der Waals surface area contributed by atoms with E-state index in [1.165, 1.54) is 0 Å². The minimum absolute atomic E-state index is 0.0270. The second-order valence-corrected chi connectivity index (χ2v) is 3.28. The van der Waals surface area contributed by atoms with Gasteiger partial charge in [-0.05, 0) is 6.92 Å². The van der Waals surface area contributed by atoms with Crippen LogP contribution in [0.25, 0.3) is 0 Å². The van der Waals surface area contributed by atoms with E-state index in [9.17, 15) is 4.79 Å². The third-order valence-electron chi connectivity index (χ3n) is 1.97. The summed E-state index contributed by atoms with van der Waals surface area (Å²) in [7, 11) is 3.54. The number of hydrogen-bond donors (Lipinski definition) is 2. The molecule has 0 aromatic carbocycles. The lowest BCUT2D eigenvalue weighted by Crippen LogP contribution is -2.27. The third kappa shape index (κ3) is 2.76. The van der Waals surface area contributed by atoms with E-state index in [-0.39, 0.29) is 11.9 Å². The predicted molar refractivity (Wildman–Crippen MR) is 55.0 cm³/mol. The summed E-state index contributed by atoms with van der Waals surface area (Å²) in [4.78, 5) is 15.2. The highest BCUT2D eigenvalue weighted by Crippen LogP contribution is 2.04. The zero-order valence-corrected chi connectivity index (χ0v) is 8.74. The average molecular weight is 196 g/mol. The van der Waals surface area contributed by atoms with Crippen molar-refractivity contribution < 1.29 is 4.79 Å². The Morgan fingerprint density at radius 3 is 2.93 bits per heavy atom. The molecule has 2 N–H and O–H groups in total. The van der Waals surface area contributed by atoms with Gasteiger partial charge in [0, 0.05) is 39.0 Å². The van der Waals surface area contributed by atoms with Crippen LogP contribution in [0.3, 0.4) is 0 Å². The van der Waals surface area contributed by atoms with Crippen LogP contribution in [-0.2, 0) is 11.8 Å². The predicted octanol–water partition coefficient (Wildman–Crippen LogP) is 0.357. The molecule has 0 bridgehead atoms. The Balaban J connectivity index is 2.45. The van der Waals surface area contributed by atoms with Gasteiger partial charge in [-0.1, -0.05) is 0 Å². The highest BCUT2D eigenvalue weighted by atomic mass is 16.1. The van der Waals surface area contributed by atoms with Gasteiger partial charge in [-0.25, -0.2) is 4.98 Å². The van der Waals surface area contributed by atoms with Crippen LogP contribution in [0.15, 0.2) is 12.4 Å². The van der Waals surface area contributed by atoms with Gasteiger partial charge >= 0.3 is 0 Å². The maximum Gasteiger partial charge on any atom is 0.221 e.